The molecule has 0 radical (unpaired) electrons. The summed E-state index contributed by atoms with van der Waals surface area (Å²) in [4.78, 5) is 26.6. The van der Waals surface area contributed by atoms with Crippen molar-refractivity contribution in [2.24, 2.45) is 16.8 Å². The average Bonchev–Trinajstić information content (AvgIpc) is 3.45. The molecule has 1 fully saturated rings. The second-order valence-electron chi connectivity index (χ2n) is 8.69. The van der Waals surface area contributed by atoms with Crippen LogP contribution in [0.1, 0.15) is 28.3 Å². The molecule has 2 aliphatic carbocycles. The van der Waals surface area contributed by atoms with Crippen LogP contribution in [0.25, 0.3) is 0 Å². The minimum Gasteiger partial charge on any atom is -0.481 e. The third-order valence-electron chi connectivity index (χ3n) is 6.32. The van der Waals surface area contributed by atoms with Crippen molar-refractivity contribution in [1.29, 1.82) is 0 Å². The molecule has 4 rings (SSSR count). The normalized spacial score (nSPS) is 25.5. The van der Waals surface area contributed by atoms with Gasteiger partial charge in [-0.25, -0.2) is 0 Å². The van der Waals surface area contributed by atoms with Crippen molar-refractivity contribution >= 4 is 17.6 Å². The molecule has 0 aromatic heterocycles. The molecule has 1 spiro atoms. The van der Waals surface area contributed by atoms with E-state index in [0.29, 0.717) is 11.1 Å². The molecular formula is C25H20F6N2O3. The van der Waals surface area contributed by atoms with E-state index in [2.05, 4.69) is 10.3 Å². The fraction of sp³-hybridized carbons (Fsp3) is 0.320. The van der Waals surface area contributed by atoms with Crippen LogP contribution in [0.15, 0.2) is 77.4 Å². The van der Waals surface area contributed by atoms with Gasteiger partial charge in [-0.05, 0) is 29.3 Å². The fourth-order valence-electron chi connectivity index (χ4n) is 4.51. The van der Waals surface area contributed by atoms with Gasteiger partial charge in [0.25, 0.3) is 5.91 Å². The number of carboxylic acid groups (broad SMARTS) is 1. The number of dihydropyridines is 1. The van der Waals surface area contributed by atoms with Crippen LogP contribution >= 0.6 is 0 Å². The van der Waals surface area contributed by atoms with Gasteiger partial charge in [0.15, 0.2) is 0 Å². The molecule has 3 aliphatic rings. The number of rotatable bonds is 7. The number of allylic oxidation sites excluding steroid dienone is 5. The first kappa shape index (κ1) is 25.5. The minimum atomic E-state index is -4.60. The van der Waals surface area contributed by atoms with E-state index in [9.17, 15) is 35.9 Å². The number of carbonyl (C=O) groups is 2. The van der Waals surface area contributed by atoms with Gasteiger partial charge in [0.05, 0.1) is 12.0 Å². The molecule has 1 amide bonds. The number of nitrogens with zero attached hydrogens (tertiary/aromatic N) is 1. The number of carboxylic acids is 1. The lowest BCUT2D eigenvalue weighted by atomic mass is 9.86. The number of nitrogens with one attached hydrogen (secondary N) is 1. The SMILES string of the molecule is O=C(O)CCNC(=O)c1ccc(C(/C=C/C(F)(F)F)C2=CC3C4C=CC(C(F)(F)F)=NC43C=C2)cc1. The molecule has 36 heavy (non-hydrogen) atoms. The van der Waals surface area contributed by atoms with Crippen molar-refractivity contribution in [3.8, 4) is 0 Å². The van der Waals surface area contributed by atoms with Crippen molar-refractivity contribution in [1.82, 2.24) is 5.32 Å². The average molecular weight is 510 g/mol. The number of benzene rings is 1. The zero-order valence-electron chi connectivity index (χ0n) is 18.5. The van der Waals surface area contributed by atoms with Crippen LogP contribution in [0.2, 0.25) is 0 Å². The molecule has 190 valence electrons. The highest BCUT2D eigenvalue weighted by Gasteiger charge is 2.64. The van der Waals surface area contributed by atoms with Crippen LogP contribution in [0, 0.1) is 11.8 Å². The Morgan fingerprint density at radius 1 is 1.08 bits per heavy atom. The van der Waals surface area contributed by atoms with Crippen molar-refractivity contribution in [3.05, 3.63) is 83.5 Å². The van der Waals surface area contributed by atoms with Crippen LogP contribution in [-0.4, -0.2) is 47.1 Å². The van der Waals surface area contributed by atoms with E-state index in [-0.39, 0.29) is 30.5 Å². The van der Waals surface area contributed by atoms with Gasteiger partial charge in [0.2, 0.25) is 0 Å². The van der Waals surface area contributed by atoms with Gasteiger partial charge in [-0.3, -0.25) is 14.6 Å². The van der Waals surface area contributed by atoms with E-state index in [1.165, 1.54) is 42.5 Å². The van der Waals surface area contributed by atoms with Gasteiger partial charge < -0.3 is 10.4 Å². The van der Waals surface area contributed by atoms with E-state index >= 15 is 0 Å². The smallest absolute Gasteiger partial charge is 0.432 e. The molecule has 1 aromatic rings. The van der Waals surface area contributed by atoms with Crippen LogP contribution in [0.4, 0.5) is 26.3 Å². The predicted molar refractivity (Wildman–Crippen MR) is 119 cm³/mol. The molecule has 11 heteroatoms. The first-order valence-electron chi connectivity index (χ1n) is 10.9. The Bertz CT molecular complexity index is 1210. The summed E-state index contributed by atoms with van der Waals surface area (Å²) in [6, 6.07) is 5.79. The van der Waals surface area contributed by atoms with Gasteiger partial charge in [0, 0.05) is 35.9 Å². The highest BCUT2D eigenvalue weighted by molar-refractivity contribution is 6.01. The quantitative estimate of drug-likeness (QED) is 0.394. The van der Waals surface area contributed by atoms with Gasteiger partial charge in [0.1, 0.15) is 5.71 Å². The van der Waals surface area contributed by atoms with Gasteiger partial charge in [-0.2, -0.15) is 26.3 Å². The highest BCUT2D eigenvalue weighted by Crippen LogP contribution is 2.61. The summed E-state index contributed by atoms with van der Waals surface area (Å²) >= 11 is 0. The molecule has 0 bridgehead atoms. The van der Waals surface area contributed by atoms with Crippen LogP contribution in [-0.2, 0) is 4.79 Å². The van der Waals surface area contributed by atoms with E-state index in [1.54, 1.807) is 6.08 Å². The summed E-state index contributed by atoms with van der Waals surface area (Å²) in [5, 5.41) is 11.1. The maximum absolute atomic E-state index is 13.1. The molecule has 1 saturated carbocycles. The Hall–Kier alpha value is -3.63. The summed E-state index contributed by atoms with van der Waals surface area (Å²) < 4.78 is 78.3. The zero-order chi connectivity index (χ0) is 26.3. The molecule has 0 saturated heterocycles. The Morgan fingerprint density at radius 3 is 2.39 bits per heavy atom. The predicted octanol–water partition coefficient (Wildman–Crippen LogP) is 5.15. The summed E-state index contributed by atoms with van der Waals surface area (Å²) in [5.41, 5.74) is -0.964. The maximum atomic E-state index is 13.1. The molecule has 4 atom stereocenters. The number of hydrogen-bond acceptors (Lipinski definition) is 3. The van der Waals surface area contributed by atoms with E-state index in [1.807, 2.05) is 0 Å². The van der Waals surface area contributed by atoms with Gasteiger partial charge in [-0.1, -0.05) is 42.5 Å². The third kappa shape index (κ3) is 5.29. The van der Waals surface area contributed by atoms with Crippen molar-refractivity contribution in [2.75, 3.05) is 6.54 Å². The zero-order valence-corrected chi connectivity index (χ0v) is 18.5. The van der Waals surface area contributed by atoms with E-state index in [0.717, 1.165) is 12.2 Å². The summed E-state index contributed by atoms with van der Waals surface area (Å²) in [5.74, 6) is -3.19. The molecule has 1 aliphatic heterocycles. The Kier molecular flexibility index (Phi) is 6.44. The lowest BCUT2D eigenvalue weighted by Crippen LogP contribution is -2.26. The van der Waals surface area contributed by atoms with Crippen LogP contribution < -0.4 is 5.32 Å². The lowest BCUT2D eigenvalue weighted by molar-refractivity contribution is -0.136. The number of aliphatic imine (C=N–C) groups is 1. The number of aliphatic carboxylic acids is 1. The lowest BCUT2D eigenvalue weighted by Gasteiger charge is -2.21. The number of carbonyl (C=O) groups excluding carboxylic acids is 1. The summed E-state index contributed by atoms with van der Waals surface area (Å²) in [7, 11) is 0. The first-order valence-corrected chi connectivity index (χ1v) is 10.9. The van der Waals surface area contributed by atoms with Gasteiger partial charge in [-0.15, -0.1) is 0 Å². The van der Waals surface area contributed by atoms with Gasteiger partial charge >= 0.3 is 18.3 Å². The highest BCUT2D eigenvalue weighted by atomic mass is 19.4. The monoisotopic (exact) mass is 510 g/mol. The van der Waals surface area contributed by atoms with E-state index < -0.39 is 47.3 Å². The second-order valence-corrected chi connectivity index (χ2v) is 8.69. The largest absolute Gasteiger partial charge is 0.481 e. The maximum Gasteiger partial charge on any atom is 0.432 e. The standard InChI is InChI=1S/C25H20F6N2O3/c26-24(27,28)11-8-17(14-1-3-15(4-2-14)22(36)32-12-9-21(34)35)16-7-10-23-18(19(23)13-16)5-6-20(33-23)25(29,30)31/h1-8,10-11,13,17-19H,9,12H2,(H,32,36)(H,34,35)/b11-8+. The number of fused-ring (bicyclic) bond motifs is 1. The second kappa shape index (κ2) is 9.11. The first-order chi connectivity index (χ1) is 16.8. The fourth-order valence-corrected chi connectivity index (χ4v) is 4.51. The Balaban J connectivity index is 1.58. The van der Waals surface area contributed by atoms with E-state index in [4.69, 9.17) is 5.11 Å². The molecule has 5 nitrogen and oxygen atoms in total. The minimum absolute atomic E-state index is 0.0815. The van der Waals surface area contributed by atoms with Crippen molar-refractivity contribution < 1.29 is 41.0 Å². The Morgan fingerprint density at radius 2 is 1.78 bits per heavy atom. The number of alkyl halides is 6. The summed E-state index contributed by atoms with van der Waals surface area (Å²) in [6.07, 6.45) is -1.33. The third-order valence-corrected chi connectivity index (χ3v) is 6.32. The Labute approximate surface area is 201 Å². The topological polar surface area (TPSA) is 78.8 Å². The number of halogens is 6. The molecular weight excluding hydrogens is 490 g/mol. The number of amides is 1. The van der Waals surface area contributed by atoms with Crippen LogP contribution in [0.5, 0.6) is 0 Å². The summed E-state index contributed by atoms with van der Waals surface area (Å²) in [6.45, 7) is -0.0815. The van der Waals surface area contributed by atoms with Crippen molar-refractivity contribution in [3.63, 3.8) is 0 Å². The molecule has 1 heterocycles. The van der Waals surface area contributed by atoms with Crippen molar-refractivity contribution in [2.45, 2.75) is 30.2 Å². The number of hydrogen-bond donors (Lipinski definition) is 2. The molecule has 2 N–H and O–H groups in total. The molecule has 1 aromatic carbocycles. The molecule has 4 unspecified atom stereocenters. The van der Waals surface area contributed by atoms with Crippen LogP contribution in [0.3, 0.4) is 0 Å².